The summed E-state index contributed by atoms with van der Waals surface area (Å²) in [5, 5.41) is 0.848. The van der Waals surface area contributed by atoms with Crippen LogP contribution in [0.2, 0.25) is 10.0 Å². The summed E-state index contributed by atoms with van der Waals surface area (Å²) >= 11 is 12.6. The summed E-state index contributed by atoms with van der Waals surface area (Å²) in [4.78, 5) is 38.2. The number of carbonyl (C=O) groups is 2. The Bertz CT molecular complexity index is 1080. The summed E-state index contributed by atoms with van der Waals surface area (Å²) in [7, 11) is 1.68. The Hall–Kier alpha value is -2.77. The molecule has 2 fully saturated rings. The first-order valence-electron chi connectivity index (χ1n) is 10.1. The quantitative estimate of drug-likeness (QED) is 0.706. The van der Waals surface area contributed by atoms with Crippen LogP contribution in [0.25, 0.3) is 0 Å². The molecule has 2 aromatic rings. The van der Waals surface area contributed by atoms with Gasteiger partial charge >= 0.3 is 6.03 Å². The molecule has 0 radical (unpaired) electrons. The standard InChI is InChI=1S/C22H21Cl2N5O2/c1-13-6-8-14(9-7-13)27-10-11-28-18-19(25-21(27)28)26(2)22(31)29(20(18)30)12-15-16(23)4-3-5-17(15)24/h3-9,18-19H,10-12H2,1-2H3. The number of fused-ring (bicyclic) bond motifs is 3. The molecule has 0 aromatic heterocycles. The lowest BCUT2D eigenvalue weighted by Crippen LogP contribution is -2.64. The van der Waals surface area contributed by atoms with Crippen molar-refractivity contribution >= 4 is 46.8 Å². The molecule has 2 aromatic carbocycles. The van der Waals surface area contributed by atoms with E-state index >= 15 is 0 Å². The molecule has 0 bridgehead atoms. The summed E-state index contributed by atoms with van der Waals surface area (Å²) in [6.07, 6.45) is -0.554. The Morgan fingerprint density at radius 3 is 2.39 bits per heavy atom. The van der Waals surface area contributed by atoms with E-state index in [0.29, 0.717) is 22.2 Å². The molecule has 3 aliphatic heterocycles. The molecule has 3 aliphatic rings. The van der Waals surface area contributed by atoms with E-state index in [1.807, 2.05) is 24.0 Å². The monoisotopic (exact) mass is 457 g/mol. The molecule has 5 rings (SSSR count). The highest BCUT2D eigenvalue weighted by Crippen LogP contribution is 2.35. The van der Waals surface area contributed by atoms with E-state index in [4.69, 9.17) is 28.2 Å². The van der Waals surface area contributed by atoms with Crippen molar-refractivity contribution in [2.45, 2.75) is 25.7 Å². The zero-order valence-electron chi connectivity index (χ0n) is 17.1. The molecule has 3 heterocycles. The molecule has 0 saturated carbocycles. The minimum absolute atomic E-state index is 0.0224. The predicted molar refractivity (Wildman–Crippen MR) is 120 cm³/mol. The van der Waals surface area contributed by atoms with Gasteiger partial charge in [-0.3, -0.25) is 9.69 Å². The summed E-state index contributed by atoms with van der Waals surface area (Å²) in [5.74, 6) is 0.443. The van der Waals surface area contributed by atoms with E-state index in [0.717, 1.165) is 18.2 Å². The van der Waals surface area contributed by atoms with Crippen molar-refractivity contribution in [1.29, 1.82) is 0 Å². The third-order valence-electron chi connectivity index (χ3n) is 6.10. The van der Waals surface area contributed by atoms with Crippen LogP contribution in [0.5, 0.6) is 0 Å². The Kier molecular flexibility index (Phi) is 4.83. The minimum atomic E-state index is -0.561. The molecule has 9 heteroatoms. The SMILES string of the molecule is Cc1ccc(N2CCN3C2=NC2C3C(=O)N(Cc3c(Cl)cccc3Cl)C(=O)N2C)cc1. The fourth-order valence-corrected chi connectivity index (χ4v) is 4.91. The van der Waals surface area contributed by atoms with Crippen LogP contribution in [-0.2, 0) is 11.3 Å². The number of urea groups is 1. The van der Waals surface area contributed by atoms with E-state index in [1.165, 1.54) is 15.4 Å². The molecule has 2 saturated heterocycles. The normalized spacial score (nSPS) is 22.8. The first-order valence-corrected chi connectivity index (χ1v) is 10.8. The maximum absolute atomic E-state index is 13.5. The summed E-state index contributed by atoms with van der Waals surface area (Å²) in [5.41, 5.74) is 2.75. The van der Waals surface area contributed by atoms with Gasteiger partial charge < -0.3 is 14.7 Å². The molecular weight excluding hydrogens is 437 g/mol. The zero-order valence-corrected chi connectivity index (χ0v) is 18.6. The van der Waals surface area contributed by atoms with Crippen LogP contribution in [-0.4, -0.2) is 64.9 Å². The van der Waals surface area contributed by atoms with Crippen molar-refractivity contribution in [2.24, 2.45) is 4.99 Å². The number of carbonyl (C=O) groups excluding carboxylic acids is 2. The Labute approximate surface area is 190 Å². The lowest BCUT2D eigenvalue weighted by molar-refractivity contribution is -0.137. The molecule has 0 aliphatic carbocycles. The van der Waals surface area contributed by atoms with Crippen LogP contribution >= 0.6 is 23.2 Å². The third kappa shape index (κ3) is 3.15. The number of aliphatic imine (C=N–C) groups is 1. The highest BCUT2D eigenvalue weighted by molar-refractivity contribution is 6.36. The number of amides is 3. The second-order valence-electron chi connectivity index (χ2n) is 7.99. The molecular formula is C22H21Cl2N5O2. The number of hydrogen-bond acceptors (Lipinski definition) is 5. The number of halogens is 2. The highest BCUT2D eigenvalue weighted by atomic mass is 35.5. The first kappa shape index (κ1) is 20.2. The van der Waals surface area contributed by atoms with Gasteiger partial charge in [0.05, 0.1) is 6.54 Å². The van der Waals surface area contributed by atoms with Crippen LogP contribution in [0.3, 0.4) is 0 Å². The van der Waals surface area contributed by atoms with Crippen LogP contribution in [0.1, 0.15) is 11.1 Å². The lowest BCUT2D eigenvalue weighted by atomic mass is 10.1. The van der Waals surface area contributed by atoms with Gasteiger partial charge in [0.15, 0.2) is 12.2 Å². The van der Waals surface area contributed by atoms with Crippen molar-refractivity contribution < 1.29 is 9.59 Å². The van der Waals surface area contributed by atoms with E-state index in [-0.39, 0.29) is 12.5 Å². The van der Waals surface area contributed by atoms with Gasteiger partial charge in [0.25, 0.3) is 5.91 Å². The van der Waals surface area contributed by atoms with Crippen molar-refractivity contribution in [3.63, 3.8) is 0 Å². The number of anilines is 1. The first-order chi connectivity index (χ1) is 14.9. The van der Waals surface area contributed by atoms with E-state index in [9.17, 15) is 9.59 Å². The Morgan fingerprint density at radius 2 is 1.71 bits per heavy atom. The van der Waals surface area contributed by atoms with Gasteiger partial charge in [-0.25, -0.2) is 9.79 Å². The number of imide groups is 1. The fourth-order valence-electron chi connectivity index (χ4n) is 4.39. The van der Waals surface area contributed by atoms with Gasteiger partial charge in [-0.05, 0) is 31.2 Å². The van der Waals surface area contributed by atoms with Gasteiger partial charge in [0, 0.05) is 41.4 Å². The maximum Gasteiger partial charge on any atom is 0.328 e. The number of hydrogen-bond donors (Lipinski definition) is 0. The fraction of sp³-hybridized carbons (Fsp3) is 0.318. The minimum Gasteiger partial charge on any atom is -0.325 e. The molecule has 7 nitrogen and oxygen atoms in total. The van der Waals surface area contributed by atoms with Crippen molar-refractivity contribution in [2.75, 3.05) is 25.0 Å². The average molecular weight is 458 g/mol. The number of benzene rings is 2. The number of aryl methyl sites for hydroxylation is 1. The Morgan fingerprint density at radius 1 is 1.03 bits per heavy atom. The van der Waals surface area contributed by atoms with Crippen LogP contribution in [0.15, 0.2) is 47.5 Å². The van der Waals surface area contributed by atoms with Gasteiger partial charge in [-0.15, -0.1) is 0 Å². The third-order valence-corrected chi connectivity index (χ3v) is 6.81. The maximum atomic E-state index is 13.5. The van der Waals surface area contributed by atoms with E-state index in [2.05, 4.69) is 17.0 Å². The molecule has 0 N–H and O–H groups in total. The molecule has 160 valence electrons. The topological polar surface area (TPSA) is 59.5 Å². The highest BCUT2D eigenvalue weighted by Gasteiger charge is 2.54. The second-order valence-corrected chi connectivity index (χ2v) is 8.80. The van der Waals surface area contributed by atoms with E-state index < -0.39 is 18.2 Å². The van der Waals surface area contributed by atoms with Crippen LogP contribution < -0.4 is 4.90 Å². The van der Waals surface area contributed by atoms with Gasteiger partial charge in [-0.2, -0.15) is 0 Å². The lowest BCUT2D eigenvalue weighted by Gasteiger charge is -2.40. The van der Waals surface area contributed by atoms with Gasteiger partial charge in [0.2, 0.25) is 5.96 Å². The predicted octanol–water partition coefficient (Wildman–Crippen LogP) is 3.58. The number of nitrogens with zero attached hydrogens (tertiary/aromatic N) is 5. The zero-order chi connectivity index (χ0) is 21.9. The van der Waals surface area contributed by atoms with Crippen molar-refractivity contribution in [1.82, 2.24) is 14.7 Å². The summed E-state index contributed by atoms with van der Waals surface area (Å²) in [6, 6.07) is 12.4. The van der Waals surface area contributed by atoms with Crippen LogP contribution in [0, 0.1) is 6.92 Å². The van der Waals surface area contributed by atoms with Crippen molar-refractivity contribution in [3.8, 4) is 0 Å². The van der Waals surface area contributed by atoms with Gasteiger partial charge in [-0.1, -0.05) is 47.0 Å². The molecule has 31 heavy (non-hydrogen) atoms. The number of guanidine groups is 1. The Balaban J connectivity index is 1.45. The molecule has 0 spiro atoms. The van der Waals surface area contributed by atoms with E-state index in [1.54, 1.807) is 25.2 Å². The smallest absolute Gasteiger partial charge is 0.325 e. The van der Waals surface area contributed by atoms with Crippen LogP contribution in [0.4, 0.5) is 10.5 Å². The largest absolute Gasteiger partial charge is 0.328 e. The number of rotatable bonds is 3. The summed E-state index contributed by atoms with van der Waals surface area (Å²) in [6.45, 7) is 3.45. The number of likely N-dealkylation sites (N-methyl/N-ethyl adjacent to an activating group) is 1. The van der Waals surface area contributed by atoms with Crippen molar-refractivity contribution in [3.05, 3.63) is 63.6 Å². The van der Waals surface area contributed by atoms with Gasteiger partial charge in [0.1, 0.15) is 0 Å². The second kappa shape index (κ2) is 7.43. The molecule has 3 amide bonds. The molecule has 2 unspecified atom stereocenters. The molecule has 2 atom stereocenters. The average Bonchev–Trinajstić information content (AvgIpc) is 3.31. The summed E-state index contributed by atoms with van der Waals surface area (Å²) < 4.78 is 0.